The third-order valence-corrected chi connectivity index (χ3v) is 5.50. The van der Waals surface area contributed by atoms with Crippen molar-refractivity contribution in [3.05, 3.63) is 52.2 Å². The zero-order valence-corrected chi connectivity index (χ0v) is 16.0. The van der Waals surface area contributed by atoms with Gasteiger partial charge in [-0.25, -0.2) is 9.67 Å². The van der Waals surface area contributed by atoms with Crippen LogP contribution in [-0.4, -0.2) is 67.1 Å². The average Bonchev–Trinajstić information content (AvgIpc) is 3.35. The summed E-state index contributed by atoms with van der Waals surface area (Å²) < 4.78 is 1.59. The first-order chi connectivity index (χ1) is 13.2. The molecule has 1 amide bonds. The van der Waals surface area contributed by atoms with Gasteiger partial charge >= 0.3 is 0 Å². The summed E-state index contributed by atoms with van der Waals surface area (Å²) in [6.07, 6.45) is 1.97. The van der Waals surface area contributed by atoms with Gasteiger partial charge in [0.2, 0.25) is 5.91 Å². The molecule has 0 aliphatic carbocycles. The van der Waals surface area contributed by atoms with Crippen LogP contribution >= 0.6 is 11.3 Å². The number of rotatable bonds is 5. The van der Waals surface area contributed by atoms with E-state index >= 15 is 0 Å². The molecular formula is C18H21N7OS. The molecule has 1 fully saturated rings. The van der Waals surface area contributed by atoms with Crippen molar-refractivity contribution in [2.24, 2.45) is 0 Å². The number of tetrazole rings is 1. The maximum Gasteiger partial charge on any atom is 0.227 e. The van der Waals surface area contributed by atoms with Crippen LogP contribution in [0.3, 0.4) is 0 Å². The Bertz CT molecular complexity index is 883. The minimum absolute atomic E-state index is 0.175. The van der Waals surface area contributed by atoms with Crippen molar-refractivity contribution in [1.29, 1.82) is 0 Å². The van der Waals surface area contributed by atoms with Crippen molar-refractivity contribution in [2.45, 2.75) is 19.9 Å². The summed E-state index contributed by atoms with van der Waals surface area (Å²) in [5.74, 6) is 0.175. The van der Waals surface area contributed by atoms with Gasteiger partial charge in [0.25, 0.3) is 0 Å². The highest BCUT2D eigenvalue weighted by Crippen LogP contribution is 2.14. The molecule has 27 heavy (non-hydrogen) atoms. The molecule has 140 valence electrons. The number of amides is 1. The van der Waals surface area contributed by atoms with Crippen LogP contribution in [0.2, 0.25) is 0 Å². The lowest BCUT2D eigenvalue weighted by atomic mass is 10.1. The Morgan fingerprint density at radius 3 is 2.56 bits per heavy atom. The summed E-state index contributed by atoms with van der Waals surface area (Å²) in [5.41, 5.74) is 3.00. The number of benzene rings is 1. The Kier molecular flexibility index (Phi) is 5.21. The molecule has 0 atom stereocenters. The van der Waals surface area contributed by atoms with E-state index in [1.807, 2.05) is 36.1 Å². The lowest BCUT2D eigenvalue weighted by Crippen LogP contribution is -2.48. The van der Waals surface area contributed by atoms with Gasteiger partial charge in [0, 0.05) is 38.1 Å². The molecule has 0 saturated carbocycles. The summed E-state index contributed by atoms with van der Waals surface area (Å²) in [4.78, 5) is 21.4. The monoisotopic (exact) mass is 383 g/mol. The summed E-state index contributed by atoms with van der Waals surface area (Å²) in [6.45, 7) is 6.21. The number of carbonyl (C=O) groups excluding carboxylic acids is 1. The maximum absolute atomic E-state index is 12.6. The summed E-state index contributed by atoms with van der Waals surface area (Å²) >= 11 is 1.69. The van der Waals surface area contributed by atoms with Gasteiger partial charge < -0.3 is 4.90 Å². The third-order valence-electron chi connectivity index (χ3n) is 4.68. The Balaban J connectivity index is 1.28. The van der Waals surface area contributed by atoms with Gasteiger partial charge in [-0.15, -0.1) is 16.4 Å². The van der Waals surface area contributed by atoms with Gasteiger partial charge in [-0.05, 0) is 35.0 Å². The third kappa shape index (κ3) is 4.37. The molecular weight excluding hydrogens is 362 g/mol. The standard InChI is InChI=1S/C18H21N7OS/c1-14-20-16(12-27-14)11-23-6-8-24(9-7-23)18(26)10-15-2-4-17(5-3-15)25-13-19-21-22-25/h2-5,12-13H,6-11H2,1H3. The first kappa shape index (κ1) is 17.7. The number of aryl methyl sites for hydroxylation is 1. The average molecular weight is 383 g/mol. The van der Waals surface area contributed by atoms with Crippen molar-refractivity contribution in [1.82, 2.24) is 35.0 Å². The molecule has 9 heteroatoms. The van der Waals surface area contributed by atoms with Crippen LogP contribution in [0.15, 0.2) is 36.0 Å². The highest BCUT2D eigenvalue weighted by atomic mass is 32.1. The SMILES string of the molecule is Cc1nc(CN2CCN(C(=O)Cc3ccc(-n4cnnn4)cc3)CC2)cs1. The number of aromatic nitrogens is 5. The maximum atomic E-state index is 12.6. The van der Waals surface area contributed by atoms with E-state index in [9.17, 15) is 4.79 Å². The number of carbonyl (C=O) groups is 1. The van der Waals surface area contributed by atoms with Crippen LogP contribution in [0.25, 0.3) is 5.69 Å². The van der Waals surface area contributed by atoms with Gasteiger partial charge in [-0.3, -0.25) is 9.69 Å². The fourth-order valence-corrected chi connectivity index (χ4v) is 3.80. The molecule has 0 radical (unpaired) electrons. The molecule has 0 unspecified atom stereocenters. The van der Waals surface area contributed by atoms with Gasteiger partial charge in [-0.1, -0.05) is 12.1 Å². The fourth-order valence-electron chi connectivity index (χ4n) is 3.20. The van der Waals surface area contributed by atoms with E-state index in [2.05, 4.69) is 30.8 Å². The molecule has 0 spiro atoms. The Labute approximate surface area is 161 Å². The Morgan fingerprint density at radius 1 is 1.15 bits per heavy atom. The lowest BCUT2D eigenvalue weighted by Gasteiger charge is -2.34. The smallest absolute Gasteiger partial charge is 0.227 e. The van der Waals surface area contributed by atoms with Gasteiger partial charge in [0.15, 0.2) is 0 Å². The van der Waals surface area contributed by atoms with E-state index in [0.717, 1.165) is 54.7 Å². The predicted molar refractivity (Wildman–Crippen MR) is 102 cm³/mol. The van der Waals surface area contributed by atoms with E-state index in [-0.39, 0.29) is 5.91 Å². The fraction of sp³-hybridized carbons (Fsp3) is 0.389. The minimum Gasteiger partial charge on any atom is -0.340 e. The second-order valence-electron chi connectivity index (χ2n) is 6.61. The largest absolute Gasteiger partial charge is 0.340 e. The molecule has 3 aromatic rings. The second kappa shape index (κ2) is 7.93. The number of piperazine rings is 1. The van der Waals surface area contributed by atoms with Gasteiger partial charge in [-0.2, -0.15) is 0 Å². The van der Waals surface area contributed by atoms with Crippen LogP contribution in [-0.2, 0) is 17.8 Å². The lowest BCUT2D eigenvalue weighted by molar-refractivity contribution is -0.132. The topological polar surface area (TPSA) is 80.0 Å². The normalized spacial score (nSPS) is 15.2. The predicted octanol–water partition coefficient (Wildman–Crippen LogP) is 1.31. The molecule has 1 saturated heterocycles. The van der Waals surface area contributed by atoms with Gasteiger partial charge in [0.1, 0.15) is 6.33 Å². The molecule has 4 rings (SSSR count). The number of hydrogen-bond acceptors (Lipinski definition) is 7. The second-order valence-corrected chi connectivity index (χ2v) is 7.67. The molecule has 1 aliphatic heterocycles. The van der Waals surface area contributed by atoms with Crippen LogP contribution in [0.5, 0.6) is 0 Å². The summed E-state index contributed by atoms with van der Waals surface area (Å²) in [7, 11) is 0. The van der Waals surface area contributed by atoms with E-state index in [1.54, 1.807) is 22.3 Å². The summed E-state index contributed by atoms with van der Waals surface area (Å²) in [5, 5.41) is 14.3. The first-order valence-corrected chi connectivity index (χ1v) is 9.79. The number of thiazole rings is 1. The highest BCUT2D eigenvalue weighted by Gasteiger charge is 2.21. The molecule has 0 bridgehead atoms. The van der Waals surface area contributed by atoms with E-state index in [1.165, 1.54) is 0 Å². The number of nitrogens with zero attached hydrogens (tertiary/aromatic N) is 7. The van der Waals surface area contributed by atoms with Crippen molar-refractivity contribution in [2.75, 3.05) is 26.2 Å². The Hall–Kier alpha value is -2.65. The molecule has 1 aliphatic rings. The van der Waals surface area contributed by atoms with Crippen molar-refractivity contribution in [3.63, 3.8) is 0 Å². The van der Waals surface area contributed by atoms with Crippen LogP contribution < -0.4 is 0 Å². The molecule has 2 aromatic heterocycles. The van der Waals surface area contributed by atoms with E-state index in [4.69, 9.17) is 0 Å². The quantitative estimate of drug-likeness (QED) is 0.661. The van der Waals surface area contributed by atoms with Crippen LogP contribution in [0.4, 0.5) is 0 Å². The highest BCUT2D eigenvalue weighted by molar-refractivity contribution is 7.09. The first-order valence-electron chi connectivity index (χ1n) is 8.91. The van der Waals surface area contributed by atoms with Crippen LogP contribution in [0, 0.1) is 6.92 Å². The molecule has 8 nitrogen and oxygen atoms in total. The zero-order chi connectivity index (χ0) is 18.6. The van der Waals surface area contributed by atoms with Crippen molar-refractivity contribution in [3.8, 4) is 5.69 Å². The Morgan fingerprint density at radius 2 is 1.93 bits per heavy atom. The van der Waals surface area contributed by atoms with Crippen molar-refractivity contribution >= 4 is 17.2 Å². The molecule has 3 heterocycles. The summed E-state index contributed by atoms with van der Waals surface area (Å²) in [6, 6.07) is 7.75. The van der Waals surface area contributed by atoms with E-state index in [0.29, 0.717) is 6.42 Å². The molecule has 0 N–H and O–H groups in total. The minimum atomic E-state index is 0.175. The van der Waals surface area contributed by atoms with Crippen molar-refractivity contribution < 1.29 is 4.79 Å². The number of hydrogen-bond donors (Lipinski definition) is 0. The van der Waals surface area contributed by atoms with E-state index < -0.39 is 0 Å². The molecule has 1 aromatic carbocycles. The zero-order valence-electron chi connectivity index (χ0n) is 15.2. The van der Waals surface area contributed by atoms with Gasteiger partial charge in [0.05, 0.1) is 22.8 Å². The van der Waals surface area contributed by atoms with Crippen LogP contribution in [0.1, 0.15) is 16.3 Å².